The van der Waals surface area contributed by atoms with Gasteiger partial charge in [0.15, 0.2) is 5.78 Å². The largest absolute Gasteiger partial charge is 0.443 e. The molecular formula is C11H17NO3. The van der Waals surface area contributed by atoms with Crippen molar-refractivity contribution < 1.29 is 14.3 Å². The van der Waals surface area contributed by atoms with E-state index >= 15 is 0 Å². The van der Waals surface area contributed by atoms with Gasteiger partial charge in [-0.1, -0.05) is 6.08 Å². The van der Waals surface area contributed by atoms with E-state index in [4.69, 9.17) is 4.74 Å². The Kier molecular flexibility index (Phi) is 3.17. The highest BCUT2D eigenvalue weighted by Gasteiger charge is 2.28. The van der Waals surface area contributed by atoms with Crippen LogP contribution in [0.4, 0.5) is 4.79 Å². The Morgan fingerprint density at radius 3 is 2.47 bits per heavy atom. The quantitative estimate of drug-likeness (QED) is 0.667. The number of amides is 1. The van der Waals surface area contributed by atoms with Crippen LogP contribution >= 0.6 is 0 Å². The van der Waals surface area contributed by atoms with Gasteiger partial charge in [0, 0.05) is 13.5 Å². The Morgan fingerprint density at radius 1 is 1.40 bits per heavy atom. The molecule has 0 radical (unpaired) electrons. The molecule has 4 heteroatoms. The minimum atomic E-state index is -0.526. The Labute approximate surface area is 89.9 Å². The van der Waals surface area contributed by atoms with Crippen LogP contribution in [0, 0.1) is 0 Å². The van der Waals surface area contributed by atoms with Gasteiger partial charge >= 0.3 is 6.09 Å². The fourth-order valence-electron chi connectivity index (χ4n) is 1.40. The van der Waals surface area contributed by atoms with Crippen molar-refractivity contribution >= 4 is 11.9 Å². The first-order valence-electron chi connectivity index (χ1n) is 5.03. The normalized spacial score (nSPS) is 16.3. The molecule has 0 aromatic rings. The second-order valence-corrected chi connectivity index (χ2v) is 4.57. The number of ketones is 1. The highest BCUT2D eigenvalue weighted by atomic mass is 16.6. The zero-order valence-corrected chi connectivity index (χ0v) is 9.66. The third-order valence-electron chi connectivity index (χ3n) is 1.96. The van der Waals surface area contributed by atoms with Gasteiger partial charge in [0.2, 0.25) is 0 Å². The standard InChI is InChI=1S/C11H17NO3/c1-8(13)9-6-5-7-12(9)10(14)15-11(2,3)4/h6H,5,7H2,1-4H3. The molecule has 0 aromatic heterocycles. The molecule has 0 spiro atoms. The average Bonchev–Trinajstić information content (AvgIpc) is 2.47. The Bertz CT molecular complexity index is 312. The molecule has 0 fully saturated rings. The number of carbonyl (C=O) groups excluding carboxylic acids is 2. The highest BCUT2D eigenvalue weighted by molar-refractivity contribution is 5.96. The molecule has 0 aromatic carbocycles. The van der Waals surface area contributed by atoms with Gasteiger partial charge in [-0.05, 0) is 27.2 Å². The maximum Gasteiger partial charge on any atom is 0.414 e. The van der Waals surface area contributed by atoms with E-state index in [9.17, 15) is 9.59 Å². The van der Waals surface area contributed by atoms with E-state index in [1.807, 2.05) is 0 Å². The first kappa shape index (κ1) is 11.8. The molecule has 84 valence electrons. The molecule has 0 atom stereocenters. The molecule has 0 saturated carbocycles. The van der Waals surface area contributed by atoms with E-state index in [0.717, 1.165) is 0 Å². The summed E-state index contributed by atoms with van der Waals surface area (Å²) in [5.74, 6) is -0.0987. The molecule has 1 heterocycles. The third-order valence-corrected chi connectivity index (χ3v) is 1.96. The van der Waals surface area contributed by atoms with E-state index in [0.29, 0.717) is 18.7 Å². The Balaban J connectivity index is 2.69. The lowest BCUT2D eigenvalue weighted by atomic mass is 10.2. The maximum absolute atomic E-state index is 11.7. The molecule has 1 amide bonds. The van der Waals surface area contributed by atoms with Gasteiger partial charge in [-0.3, -0.25) is 9.69 Å². The molecule has 15 heavy (non-hydrogen) atoms. The first-order valence-corrected chi connectivity index (χ1v) is 5.03. The summed E-state index contributed by atoms with van der Waals surface area (Å²) in [4.78, 5) is 24.3. The third kappa shape index (κ3) is 3.08. The Hall–Kier alpha value is -1.32. The van der Waals surface area contributed by atoms with E-state index in [1.165, 1.54) is 11.8 Å². The maximum atomic E-state index is 11.7. The van der Waals surface area contributed by atoms with Crippen LogP contribution in [0.15, 0.2) is 11.8 Å². The molecule has 0 saturated heterocycles. The van der Waals surface area contributed by atoms with Crippen molar-refractivity contribution in [3.63, 3.8) is 0 Å². The van der Waals surface area contributed by atoms with Crippen molar-refractivity contribution in [2.45, 2.75) is 39.7 Å². The number of ether oxygens (including phenoxy) is 1. The van der Waals surface area contributed by atoms with Gasteiger partial charge in [-0.15, -0.1) is 0 Å². The number of carbonyl (C=O) groups is 2. The molecule has 0 N–H and O–H groups in total. The lowest BCUT2D eigenvalue weighted by Gasteiger charge is -2.25. The number of nitrogens with zero attached hydrogens (tertiary/aromatic N) is 1. The molecule has 1 aliphatic rings. The van der Waals surface area contributed by atoms with E-state index in [1.54, 1.807) is 26.8 Å². The molecule has 4 nitrogen and oxygen atoms in total. The van der Waals surface area contributed by atoms with Crippen LogP contribution in [0.3, 0.4) is 0 Å². The van der Waals surface area contributed by atoms with Gasteiger partial charge in [-0.25, -0.2) is 4.79 Å². The summed E-state index contributed by atoms with van der Waals surface area (Å²) >= 11 is 0. The van der Waals surface area contributed by atoms with Gasteiger partial charge < -0.3 is 4.74 Å². The van der Waals surface area contributed by atoms with Crippen molar-refractivity contribution in [1.82, 2.24) is 4.90 Å². The van der Waals surface area contributed by atoms with Crippen LogP contribution in [0.1, 0.15) is 34.1 Å². The number of hydrogen-bond acceptors (Lipinski definition) is 3. The summed E-state index contributed by atoms with van der Waals surface area (Å²) < 4.78 is 5.20. The first-order chi connectivity index (χ1) is 6.81. The number of rotatable bonds is 1. The summed E-state index contributed by atoms with van der Waals surface area (Å²) in [5, 5.41) is 0. The fraction of sp³-hybridized carbons (Fsp3) is 0.636. The number of hydrogen-bond donors (Lipinski definition) is 0. The predicted molar refractivity (Wildman–Crippen MR) is 56.3 cm³/mol. The minimum absolute atomic E-state index is 0.0987. The number of Topliss-reactive ketones (excluding diaryl/α,β-unsaturated/α-hetero) is 1. The molecule has 1 aliphatic heterocycles. The van der Waals surface area contributed by atoms with Crippen molar-refractivity contribution in [1.29, 1.82) is 0 Å². The van der Waals surface area contributed by atoms with Crippen LogP contribution in [0.5, 0.6) is 0 Å². The molecule has 0 bridgehead atoms. The monoisotopic (exact) mass is 211 g/mol. The topological polar surface area (TPSA) is 46.6 Å². The average molecular weight is 211 g/mol. The van der Waals surface area contributed by atoms with Crippen LogP contribution in [0.25, 0.3) is 0 Å². The lowest BCUT2D eigenvalue weighted by molar-refractivity contribution is -0.115. The van der Waals surface area contributed by atoms with Gasteiger partial charge in [0.05, 0.1) is 5.70 Å². The minimum Gasteiger partial charge on any atom is -0.443 e. The summed E-state index contributed by atoms with van der Waals surface area (Å²) in [5.41, 5.74) is -0.0778. The van der Waals surface area contributed by atoms with Crippen LogP contribution in [-0.4, -0.2) is 28.9 Å². The smallest absolute Gasteiger partial charge is 0.414 e. The Morgan fingerprint density at radius 2 is 2.00 bits per heavy atom. The van der Waals surface area contributed by atoms with E-state index in [-0.39, 0.29) is 5.78 Å². The summed E-state index contributed by atoms with van der Waals surface area (Å²) in [7, 11) is 0. The van der Waals surface area contributed by atoms with Gasteiger partial charge in [0.1, 0.15) is 5.60 Å². The molecule has 0 aliphatic carbocycles. The van der Waals surface area contributed by atoms with Crippen molar-refractivity contribution in [3.8, 4) is 0 Å². The van der Waals surface area contributed by atoms with Gasteiger partial charge in [0.25, 0.3) is 0 Å². The molecule has 0 unspecified atom stereocenters. The second kappa shape index (κ2) is 4.04. The van der Waals surface area contributed by atoms with Crippen LogP contribution in [0.2, 0.25) is 0 Å². The predicted octanol–water partition coefficient (Wildman–Crippen LogP) is 2.10. The second-order valence-electron chi connectivity index (χ2n) is 4.57. The lowest BCUT2D eigenvalue weighted by Crippen LogP contribution is -2.36. The zero-order valence-electron chi connectivity index (χ0n) is 9.66. The molecular weight excluding hydrogens is 194 g/mol. The van der Waals surface area contributed by atoms with E-state index in [2.05, 4.69) is 0 Å². The van der Waals surface area contributed by atoms with Crippen LogP contribution < -0.4 is 0 Å². The van der Waals surface area contributed by atoms with Crippen molar-refractivity contribution in [2.24, 2.45) is 0 Å². The molecule has 1 rings (SSSR count). The number of allylic oxidation sites excluding steroid dienone is 1. The van der Waals surface area contributed by atoms with Crippen molar-refractivity contribution in [2.75, 3.05) is 6.54 Å². The zero-order chi connectivity index (χ0) is 11.6. The van der Waals surface area contributed by atoms with E-state index < -0.39 is 11.7 Å². The van der Waals surface area contributed by atoms with Gasteiger partial charge in [-0.2, -0.15) is 0 Å². The SMILES string of the molecule is CC(=O)C1=CCCN1C(=O)OC(C)(C)C. The fourth-order valence-corrected chi connectivity index (χ4v) is 1.40. The summed E-state index contributed by atoms with van der Waals surface area (Å²) in [6.07, 6.45) is 2.04. The summed E-state index contributed by atoms with van der Waals surface area (Å²) in [6, 6.07) is 0. The highest BCUT2D eigenvalue weighted by Crippen LogP contribution is 2.19. The summed E-state index contributed by atoms with van der Waals surface area (Å²) in [6.45, 7) is 7.40. The van der Waals surface area contributed by atoms with Crippen molar-refractivity contribution in [3.05, 3.63) is 11.8 Å². The van der Waals surface area contributed by atoms with Crippen LogP contribution in [-0.2, 0) is 9.53 Å².